The van der Waals surface area contributed by atoms with Gasteiger partial charge < -0.3 is 10.0 Å². The minimum absolute atomic E-state index is 0.115. The Bertz CT molecular complexity index is 435. The molecule has 4 nitrogen and oxygen atoms in total. The number of carboxylic acids is 1. The summed E-state index contributed by atoms with van der Waals surface area (Å²) >= 11 is 0. The lowest BCUT2D eigenvalue weighted by atomic mass is 9.93. The summed E-state index contributed by atoms with van der Waals surface area (Å²) in [5, 5.41) is 9.01. The van der Waals surface area contributed by atoms with Crippen molar-refractivity contribution < 1.29 is 14.7 Å². The van der Waals surface area contributed by atoms with Gasteiger partial charge in [-0.2, -0.15) is 0 Å². The second-order valence-corrected chi connectivity index (χ2v) is 4.57. The summed E-state index contributed by atoms with van der Waals surface area (Å²) in [6.07, 6.45) is -0.168. The molecule has 19 heavy (non-hydrogen) atoms. The van der Waals surface area contributed by atoms with Crippen LogP contribution >= 0.6 is 0 Å². The Morgan fingerprint density at radius 2 is 1.68 bits per heavy atom. The first-order chi connectivity index (χ1) is 8.99. The third-order valence-electron chi connectivity index (χ3n) is 3.23. The quantitative estimate of drug-likeness (QED) is 0.857. The molecule has 1 rings (SSSR count). The van der Waals surface area contributed by atoms with E-state index < -0.39 is 11.9 Å². The lowest BCUT2D eigenvalue weighted by Gasteiger charge is -2.24. The number of amides is 1. The number of aliphatic carboxylic acids is 1. The summed E-state index contributed by atoms with van der Waals surface area (Å²) in [6, 6.07) is 7.48. The van der Waals surface area contributed by atoms with E-state index in [0.29, 0.717) is 13.1 Å². The zero-order chi connectivity index (χ0) is 14.4. The number of rotatable bonds is 6. The van der Waals surface area contributed by atoms with Crippen LogP contribution in [0, 0.1) is 6.92 Å². The van der Waals surface area contributed by atoms with E-state index in [0.717, 1.165) is 11.1 Å². The Kier molecular flexibility index (Phi) is 5.55. The van der Waals surface area contributed by atoms with E-state index in [2.05, 4.69) is 0 Å². The first-order valence-electron chi connectivity index (χ1n) is 6.56. The van der Waals surface area contributed by atoms with Crippen LogP contribution in [0.1, 0.15) is 37.3 Å². The molecule has 0 spiro atoms. The van der Waals surface area contributed by atoms with Crippen LogP contribution < -0.4 is 0 Å². The lowest BCUT2D eigenvalue weighted by Crippen LogP contribution is -2.35. The van der Waals surface area contributed by atoms with Crippen LogP contribution in [0.2, 0.25) is 0 Å². The van der Waals surface area contributed by atoms with Crippen molar-refractivity contribution in [2.24, 2.45) is 0 Å². The zero-order valence-corrected chi connectivity index (χ0v) is 11.7. The number of carbonyl (C=O) groups excluding carboxylic acids is 1. The highest BCUT2D eigenvalue weighted by Crippen LogP contribution is 2.23. The van der Waals surface area contributed by atoms with Crippen LogP contribution in [-0.2, 0) is 9.59 Å². The normalized spacial score (nSPS) is 11.9. The lowest BCUT2D eigenvalue weighted by molar-refractivity contribution is -0.142. The smallest absolute Gasteiger partial charge is 0.304 e. The Hall–Kier alpha value is -1.84. The average Bonchev–Trinajstić information content (AvgIpc) is 2.38. The molecule has 1 atom stereocenters. The molecule has 1 N–H and O–H groups in total. The van der Waals surface area contributed by atoms with Gasteiger partial charge in [0, 0.05) is 13.1 Å². The summed E-state index contributed by atoms with van der Waals surface area (Å²) < 4.78 is 0. The highest BCUT2D eigenvalue weighted by atomic mass is 16.4. The molecule has 0 aliphatic heterocycles. The minimum atomic E-state index is -0.953. The molecule has 0 fully saturated rings. The molecule has 0 saturated carbocycles. The predicted octanol–water partition coefficient (Wildman–Crippen LogP) is 2.42. The first-order valence-corrected chi connectivity index (χ1v) is 6.56. The standard InChI is InChI=1S/C15H21NO3/c1-4-16(5-2)15(19)13(10-14(17)18)12-8-6-11(3)7-9-12/h6-9,13H,4-5,10H2,1-3H3,(H,17,18). The van der Waals surface area contributed by atoms with Crippen LogP contribution in [-0.4, -0.2) is 35.0 Å². The van der Waals surface area contributed by atoms with Gasteiger partial charge in [-0.05, 0) is 26.3 Å². The van der Waals surface area contributed by atoms with Crippen LogP contribution in [0.15, 0.2) is 24.3 Å². The van der Waals surface area contributed by atoms with Gasteiger partial charge in [0.1, 0.15) is 0 Å². The van der Waals surface area contributed by atoms with Gasteiger partial charge in [0.2, 0.25) is 5.91 Å². The maximum atomic E-state index is 12.4. The number of carbonyl (C=O) groups is 2. The monoisotopic (exact) mass is 263 g/mol. The minimum Gasteiger partial charge on any atom is -0.481 e. The summed E-state index contributed by atoms with van der Waals surface area (Å²) in [5.74, 6) is -1.67. The Morgan fingerprint density at radius 3 is 2.11 bits per heavy atom. The number of carboxylic acid groups (broad SMARTS) is 1. The van der Waals surface area contributed by atoms with Gasteiger partial charge in [-0.25, -0.2) is 0 Å². The number of benzene rings is 1. The molecule has 1 unspecified atom stereocenters. The van der Waals surface area contributed by atoms with Crippen molar-refractivity contribution in [3.63, 3.8) is 0 Å². The highest BCUT2D eigenvalue weighted by Gasteiger charge is 2.26. The van der Waals surface area contributed by atoms with Gasteiger partial charge in [-0.15, -0.1) is 0 Å². The molecule has 0 radical (unpaired) electrons. The maximum Gasteiger partial charge on any atom is 0.304 e. The van der Waals surface area contributed by atoms with E-state index in [1.54, 1.807) is 4.90 Å². The molecule has 1 aromatic carbocycles. The Morgan fingerprint density at radius 1 is 1.16 bits per heavy atom. The van der Waals surface area contributed by atoms with Crippen molar-refractivity contribution >= 4 is 11.9 Å². The van der Waals surface area contributed by atoms with E-state index in [4.69, 9.17) is 5.11 Å². The molecule has 1 aromatic rings. The van der Waals surface area contributed by atoms with Gasteiger partial charge in [0.05, 0.1) is 12.3 Å². The number of hydrogen-bond acceptors (Lipinski definition) is 2. The van der Waals surface area contributed by atoms with Crippen molar-refractivity contribution in [1.82, 2.24) is 4.90 Å². The second kappa shape index (κ2) is 6.92. The van der Waals surface area contributed by atoms with Gasteiger partial charge in [-0.3, -0.25) is 9.59 Å². The third-order valence-corrected chi connectivity index (χ3v) is 3.23. The van der Waals surface area contributed by atoms with Crippen LogP contribution in [0.4, 0.5) is 0 Å². The molecular formula is C15H21NO3. The van der Waals surface area contributed by atoms with E-state index >= 15 is 0 Å². The number of likely N-dealkylation sites (N-methyl/N-ethyl adjacent to an activating group) is 1. The highest BCUT2D eigenvalue weighted by molar-refractivity contribution is 5.87. The topological polar surface area (TPSA) is 57.6 Å². The predicted molar refractivity (Wildman–Crippen MR) is 74.1 cm³/mol. The van der Waals surface area contributed by atoms with Gasteiger partial charge in [0.25, 0.3) is 0 Å². The second-order valence-electron chi connectivity index (χ2n) is 4.57. The average molecular weight is 263 g/mol. The van der Waals surface area contributed by atoms with Crippen LogP contribution in [0.5, 0.6) is 0 Å². The van der Waals surface area contributed by atoms with E-state index in [-0.39, 0.29) is 12.3 Å². The molecule has 0 aliphatic carbocycles. The summed E-state index contributed by atoms with van der Waals surface area (Å²) in [4.78, 5) is 25.0. The molecule has 0 bridgehead atoms. The van der Waals surface area contributed by atoms with Crippen molar-refractivity contribution in [1.29, 1.82) is 0 Å². The van der Waals surface area contributed by atoms with Crippen molar-refractivity contribution in [3.8, 4) is 0 Å². The zero-order valence-electron chi connectivity index (χ0n) is 11.7. The summed E-state index contributed by atoms with van der Waals surface area (Å²) in [7, 11) is 0. The molecule has 104 valence electrons. The third kappa shape index (κ3) is 4.09. The molecule has 4 heteroatoms. The number of hydrogen-bond donors (Lipinski definition) is 1. The van der Waals surface area contributed by atoms with Gasteiger partial charge >= 0.3 is 5.97 Å². The first kappa shape index (κ1) is 15.2. The molecule has 0 aromatic heterocycles. The van der Waals surface area contributed by atoms with E-state index in [1.165, 1.54) is 0 Å². The van der Waals surface area contributed by atoms with Gasteiger partial charge in [0.15, 0.2) is 0 Å². The maximum absolute atomic E-state index is 12.4. The van der Waals surface area contributed by atoms with Crippen molar-refractivity contribution in [3.05, 3.63) is 35.4 Å². The molecule has 0 heterocycles. The van der Waals surface area contributed by atoms with Crippen LogP contribution in [0.25, 0.3) is 0 Å². The molecular weight excluding hydrogens is 242 g/mol. The van der Waals surface area contributed by atoms with Gasteiger partial charge in [-0.1, -0.05) is 29.8 Å². The SMILES string of the molecule is CCN(CC)C(=O)C(CC(=O)O)c1ccc(C)cc1. The van der Waals surface area contributed by atoms with Crippen molar-refractivity contribution in [2.75, 3.05) is 13.1 Å². The van der Waals surface area contributed by atoms with E-state index in [1.807, 2.05) is 45.0 Å². The summed E-state index contributed by atoms with van der Waals surface area (Å²) in [5.41, 5.74) is 1.86. The number of nitrogens with zero attached hydrogens (tertiary/aromatic N) is 1. The number of aryl methyl sites for hydroxylation is 1. The largest absolute Gasteiger partial charge is 0.481 e. The Labute approximate surface area is 114 Å². The van der Waals surface area contributed by atoms with E-state index in [9.17, 15) is 9.59 Å². The van der Waals surface area contributed by atoms with Crippen LogP contribution in [0.3, 0.4) is 0 Å². The fourth-order valence-corrected chi connectivity index (χ4v) is 2.08. The Balaban J connectivity index is 3.03. The fourth-order valence-electron chi connectivity index (χ4n) is 2.08. The van der Waals surface area contributed by atoms with Crippen molar-refractivity contribution in [2.45, 2.75) is 33.1 Å². The molecule has 1 amide bonds. The summed E-state index contributed by atoms with van der Waals surface area (Å²) in [6.45, 7) is 6.94. The fraction of sp³-hybridized carbons (Fsp3) is 0.467. The molecule has 0 aliphatic rings. The molecule has 0 saturated heterocycles.